The van der Waals surface area contributed by atoms with Crippen LogP contribution in [-0.4, -0.2) is 74.9 Å². The van der Waals surface area contributed by atoms with Gasteiger partial charge in [-0.25, -0.2) is 4.57 Å². The van der Waals surface area contributed by atoms with E-state index < -0.39 is 26.5 Å². The van der Waals surface area contributed by atoms with Crippen molar-refractivity contribution in [1.82, 2.24) is 0 Å². The van der Waals surface area contributed by atoms with Crippen LogP contribution in [0.3, 0.4) is 0 Å². The van der Waals surface area contributed by atoms with Gasteiger partial charge in [-0.3, -0.25) is 18.6 Å². The molecule has 0 aromatic carbocycles. The second-order valence-electron chi connectivity index (χ2n) is 16.0. The zero-order chi connectivity index (χ0) is 42.8. The SMILES string of the molecule is CC/C=C\C/C=C\C/C=C\C/C=C\CCCCCCCCC(=O)OC(COC(=O)CCCCCCC/C=C\C/C=C\CCCCC)COP(=O)(O)OCC[N+](C)(C)C. The van der Waals surface area contributed by atoms with E-state index in [1.54, 1.807) is 0 Å². The highest BCUT2D eigenvalue weighted by Crippen LogP contribution is 2.43. The summed E-state index contributed by atoms with van der Waals surface area (Å²) in [5, 5.41) is 0. The number of rotatable bonds is 40. The van der Waals surface area contributed by atoms with Crippen molar-refractivity contribution >= 4 is 19.8 Å². The second-order valence-corrected chi connectivity index (χ2v) is 17.5. The van der Waals surface area contributed by atoms with Gasteiger partial charge >= 0.3 is 19.8 Å². The number of carbonyl (C=O) groups excluding carboxylic acids is 2. The summed E-state index contributed by atoms with van der Waals surface area (Å²) in [5.74, 6) is -0.837. The third-order valence-corrected chi connectivity index (χ3v) is 10.2. The fourth-order valence-electron chi connectivity index (χ4n) is 5.68. The Morgan fingerprint density at radius 2 is 0.983 bits per heavy atom. The molecule has 58 heavy (non-hydrogen) atoms. The molecule has 9 nitrogen and oxygen atoms in total. The average Bonchev–Trinajstić information content (AvgIpc) is 3.17. The summed E-state index contributed by atoms with van der Waals surface area (Å²) in [7, 11) is 1.45. The lowest BCUT2D eigenvalue weighted by Crippen LogP contribution is -2.37. The number of quaternary nitrogens is 1. The molecule has 0 fully saturated rings. The first-order valence-electron chi connectivity index (χ1n) is 22.7. The number of nitrogens with zero attached hydrogens (tertiary/aromatic N) is 1. The maximum atomic E-state index is 12.7. The van der Waals surface area contributed by atoms with Crippen molar-refractivity contribution < 1.29 is 42.1 Å². The van der Waals surface area contributed by atoms with Gasteiger partial charge in [0.15, 0.2) is 6.10 Å². The number of hydrogen-bond acceptors (Lipinski definition) is 7. The Morgan fingerprint density at radius 3 is 1.47 bits per heavy atom. The molecule has 334 valence electrons. The molecule has 10 heteroatoms. The Labute approximate surface area is 355 Å². The monoisotopic (exact) mass is 835 g/mol. The predicted octanol–water partition coefficient (Wildman–Crippen LogP) is 13.0. The lowest BCUT2D eigenvalue weighted by atomic mass is 10.1. The van der Waals surface area contributed by atoms with E-state index >= 15 is 0 Å². The number of esters is 2. The molecular formula is C48H85NO8P+. The maximum absolute atomic E-state index is 12.7. The van der Waals surface area contributed by atoms with Crippen LogP contribution in [-0.2, 0) is 32.7 Å². The van der Waals surface area contributed by atoms with Gasteiger partial charge in [-0.2, -0.15) is 0 Å². The number of carbonyl (C=O) groups is 2. The second kappa shape index (κ2) is 39.9. The summed E-state index contributed by atoms with van der Waals surface area (Å²) in [6.45, 7) is 4.23. The van der Waals surface area contributed by atoms with Crippen molar-refractivity contribution in [3.63, 3.8) is 0 Å². The van der Waals surface area contributed by atoms with E-state index in [4.69, 9.17) is 18.5 Å². The van der Waals surface area contributed by atoms with E-state index in [0.717, 1.165) is 109 Å². The van der Waals surface area contributed by atoms with Crippen LogP contribution in [0, 0.1) is 0 Å². The van der Waals surface area contributed by atoms with Crippen molar-refractivity contribution in [1.29, 1.82) is 0 Å². The molecule has 2 unspecified atom stereocenters. The van der Waals surface area contributed by atoms with E-state index in [1.165, 1.54) is 25.7 Å². The van der Waals surface area contributed by atoms with Gasteiger partial charge in [0.05, 0.1) is 27.7 Å². The zero-order valence-electron chi connectivity index (χ0n) is 37.5. The molecule has 0 saturated heterocycles. The Kier molecular flexibility index (Phi) is 38.1. The van der Waals surface area contributed by atoms with Crippen LogP contribution in [0.2, 0.25) is 0 Å². The average molecular weight is 835 g/mol. The summed E-state index contributed by atoms with van der Waals surface area (Å²) in [6.07, 6.45) is 49.4. The summed E-state index contributed by atoms with van der Waals surface area (Å²) in [5.41, 5.74) is 0. The van der Waals surface area contributed by atoms with Crippen molar-refractivity contribution in [3.8, 4) is 0 Å². The number of phosphoric ester groups is 1. The topological polar surface area (TPSA) is 108 Å². The standard InChI is InChI=1S/C48H84NO8P/c1-6-8-10-12-14-16-18-20-22-23-24-25-27-29-31-33-35-37-39-41-48(51)57-46(45-56-58(52,53)55-43-42-49(3,4)5)44-54-47(50)40-38-36-34-32-30-28-26-21-19-17-15-13-11-9-7-2/h8,10,14-17,20-22,24-26,46H,6-7,9,11-13,18-19,23,27-45H2,1-5H3/p+1/b10-8-,16-14-,17-15-,22-20-,25-24-,26-21-. The molecule has 0 bridgehead atoms. The summed E-state index contributed by atoms with van der Waals surface area (Å²) >= 11 is 0. The molecule has 0 heterocycles. The minimum absolute atomic E-state index is 0.0225. The molecule has 0 amide bonds. The van der Waals surface area contributed by atoms with Crippen molar-refractivity contribution in [2.24, 2.45) is 0 Å². The van der Waals surface area contributed by atoms with Crippen LogP contribution in [0.1, 0.15) is 168 Å². The fourth-order valence-corrected chi connectivity index (χ4v) is 6.42. The lowest BCUT2D eigenvalue weighted by molar-refractivity contribution is -0.870. The lowest BCUT2D eigenvalue weighted by Gasteiger charge is -2.24. The molecule has 0 aromatic rings. The van der Waals surface area contributed by atoms with E-state index in [-0.39, 0.29) is 32.0 Å². The van der Waals surface area contributed by atoms with Gasteiger partial charge in [-0.05, 0) is 83.5 Å². The molecule has 0 rings (SSSR count). The highest BCUT2D eigenvalue weighted by Gasteiger charge is 2.27. The van der Waals surface area contributed by atoms with Gasteiger partial charge in [0.1, 0.15) is 19.8 Å². The Morgan fingerprint density at radius 1 is 0.552 bits per heavy atom. The quantitative estimate of drug-likeness (QED) is 0.0214. The van der Waals surface area contributed by atoms with Gasteiger partial charge in [-0.1, -0.05) is 145 Å². The van der Waals surface area contributed by atoms with Crippen LogP contribution >= 0.6 is 7.82 Å². The normalized spacial score (nSPS) is 14.2. The summed E-state index contributed by atoms with van der Waals surface area (Å²) in [6, 6.07) is 0. The molecule has 0 radical (unpaired) electrons. The van der Waals surface area contributed by atoms with E-state index in [2.05, 4.69) is 86.8 Å². The third-order valence-electron chi connectivity index (χ3n) is 9.22. The van der Waals surface area contributed by atoms with Crippen LogP contribution in [0.5, 0.6) is 0 Å². The number of hydrogen-bond donors (Lipinski definition) is 1. The molecule has 0 aliphatic rings. The summed E-state index contributed by atoms with van der Waals surface area (Å²) in [4.78, 5) is 35.4. The first-order valence-corrected chi connectivity index (χ1v) is 24.2. The molecular weight excluding hydrogens is 750 g/mol. The van der Waals surface area contributed by atoms with Gasteiger partial charge in [0.25, 0.3) is 0 Å². The smallest absolute Gasteiger partial charge is 0.462 e. The molecule has 1 N–H and O–H groups in total. The van der Waals surface area contributed by atoms with Crippen molar-refractivity contribution in [3.05, 3.63) is 72.9 Å². The van der Waals surface area contributed by atoms with E-state index in [9.17, 15) is 19.0 Å². The number of ether oxygens (including phenoxy) is 2. The van der Waals surface area contributed by atoms with Gasteiger partial charge in [-0.15, -0.1) is 0 Å². The van der Waals surface area contributed by atoms with Crippen molar-refractivity contribution in [2.45, 2.75) is 174 Å². The largest absolute Gasteiger partial charge is 0.472 e. The number of unbranched alkanes of at least 4 members (excludes halogenated alkanes) is 14. The molecule has 0 aliphatic heterocycles. The molecule has 0 aromatic heterocycles. The van der Waals surface area contributed by atoms with Crippen LogP contribution in [0.4, 0.5) is 0 Å². The molecule has 2 atom stereocenters. The highest BCUT2D eigenvalue weighted by molar-refractivity contribution is 7.47. The minimum atomic E-state index is -4.39. The first-order chi connectivity index (χ1) is 28.0. The third kappa shape index (κ3) is 43.0. The Bertz CT molecular complexity index is 1220. The molecule has 0 spiro atoms. The Hall–Kier alpha value is -2.55. The number of likely N-dealkylation sites (N-methyl/N-ethyl adjacent to an activating group) is 1. The molecule has 0 aliphatic carbocycles. The zero-order valence-corrected chi connectivity index (χ0v) is 38.4. The van der Waals surface area contributed by atoms with E-state index in [0.29, 0.717) is 17.4 Å². The fraction of sp³-hybridized carbons (Fsp3) is 0.708. The maximum Gasteiger partial charge on any atom is 0.472 e. The van der Waals surface area contributed by atoms with Crippen LogP contribution < -0.4 is 0 Å². The predicted molar refractivity (Wildman–Crippen MR) is 242 cm³/mol. The minimum Gasteiger partial charge on any atom is -0.462 e. The van der Waals surface area contributed by atoms with Crippen LogP contribution in [0.25, 0.3) is 0 Å². The number of allylic oxidation sites excluding steroid dienone is 12. The van der Waals surface area contributed by atoms with E-state index in [1.807, 2.05) is 21.1 Å². The Balaban J connectivity index is 4.40. The molecule has 0 saturated carbocycles. The number of phosphoric acid groups is 1. The highest BCUT2D eigenvalue weighted by atomic mass is 31.2. The van der Waals surface area contributed by atoms with Crippen molar-refractivity contribution in [2.75, 3.05) is 47.5 Å². The first kappa shape index (κ1) is 55.5. The van der Waals surface area contributed by atoms with Gasteiger partial charge in [0, 0.05) is 12.8 Å². The van der Waals surface area contributed by atoms with Gasteiger partial charge < -0.3 is 18.9 Å². The summed E-state index contributed by atoms with van der Waals surface area (Å²) < 4.78 is 34.3. The van der Waals surface area contributed by atoms with Gasteiger partial charge in [0.2, 0.25) is 0 Å². The van der Waals surface area contributed by atoms with Crippen LogP contribution in [0.15, 0.2) is 72.9 Å².